The molecule has 0 bridgehead atoms. The van der Waals surface area contributed by atoms with E-state index in [1.807, 2.05) is 162 Å². The van der Waals surface area contributed by atoms with Crippen LogP contribution in [0.15, 0.2) is 198 Å². The number of fused-ring (bicyclic) bond motifs is 6. The van der Waals surface area contributed by atoms with Crippen LogP contribution in [0.3, 0.4) is 0 Å². The summed E-state index contributed by atoms with van der Waals surface area (Å²) >= 11 is 0. The van der Waals surface area contributed by atoms with Gasteiger partial charge >= 0.3 is 0 Å². The van der Waals surface area contributed by atoms with Gasteiger partial charge in [-0.3, -0.25) is 0 Å². The van der Waals surface area contributed by atoms with E-state index in [1.54, 1.807) is 0 Å². The van der Waals surface area contributed by atoms with Gasteiger partial charge in [0.15, 0.2) is 17.5 Å². The Balaban J connectivity index is 1.15. The van der Waals surface area contributed by atoms with Crippen LogP contribution in [0.2, 0.25) is 0 Å². The second-order valence-electron chi connectivity index (χ2n) is 13.6. The minimum Gasteiger partial charge on any atom is -0.456 e. The van der Waals surface area contributed by atoms with Crippen LogP contribution in [0, 0.1) is 0 Å². The molecule has 0 unspecified atom stereocenters. The Morgan fingerprint density at radius 2 is 0.929 bits per heavy atom. The quantitative estimate of drug-likeness (QED) is 0.172. The number of hydrogen-bond acceptors (Lipinski definition) is 4. The van der Waals surface area contributed by atoms with Crippen molar-refractivity contribution < 1.29 is 11.3 Å². The zero-order chi connectivity index (χ0) is 41.4. The van der Waals surface area contributed by atoms with Crippen molar-refractivity contribution in [1.82, 2.24) is 19.5 Å². The molecule has 3 aromatic heterocycles. The molecule has 262 valence electrons. The second kappa shape index (κ2) is 13.0. The van der Waals surface area contributed by atoms with Crippen molar-refractivity contribution in [3.05, 3.63) is 194 Å². The predicted molar refractivity (Wildman–Crippen MR) is 229 cm³/mol. The molecule has 0 aliphatic heterocycles. The Hall–Kier alpha value is -7.63. The SMILES string of the molecule is [2H]c1cc([2H])c2oc3c([2H])c(-c4nc(-c5ccc(-c6ccccc6)cc5)nc(-c5cccc(-c6ccccc6)c5)n4)c([2H])c([2H])c3c2c1-n1c2ccccc2c2ccccc21. The summed E-state index contributed by atoms with van der Waals surface area (Å²) in [6.07, 6.45) is 0. The van der Waals surface area contributed by atoms with Gasteiger partial charge in [0.2, 0.25) is 0 Å². The molecule has 56 heavy (non-hydrogen) atoms. The third-order valence-electron chi connectivity index (χ3n) is 10.2. The predicted octanol–water partition coefficient (Wildman–Crippen LogP) is 13.2. The van der Waals surface area contributed by atoms with Crippen LogP contribution in [0.1, 0.15) is 6.85 Å². The van der Waals surface area contributed by atoms with E-state index in [9.17, 15) is 5.48 Å². The third-order valence-corrected chi connectivity index (χ3v) is 10.2. The first-order chi connectivity index (χ1) is 29.8. The highest BCUT2D eigenvalue weighted by Crippen LogP contribution is 2.40. The first kappa shape index (κ1) is 27.0. The summed E-state index contributed by atoms with van der Waals surface area (Å²) in [6, 6.07) is 52.4. The Morgan fingerprint density at radius 3 is 1.62 bits per heavy atom. The third kappa shape index (κ3) is 5.37. The average molecular weight is 722 g/mol. The highest BCUT2D eigenvalue weighted by atomic mass is 16.3. The van der Waals surface area contributed by atoms with Gasteiger partial charge < -0.3 is 8.98 Å². The molecule has 0 amide bonds. The van der Waals surface area contributed by atoms with Crippen molar-refractivity contribution in [2.45, 2.75) is 0 Å². The van der Waals surface area contributed by atoms with Crippen molar-refractivity contribution in [2.75, 3.05) is 0 Å². The lowest BCUT2D eigenvalue weighted by atomic mass is 10.0. The fraction of sp³-hybridized carbons (Fsp3) is 0. The standard InChI is InChI=1S/C51H32N4O/c1-3-13-33(14-4-1)35-25-27-36(28-26-35)49-52-50(38-18-11-17-37(31-38)34-15-5-2-6-16-34)54-51(53-49)39-29-30-42-47(32-39)56-46-24-12-23-45(48(42)46)55-43-21-9-7-19-40(43)41-20-8-10-22-44(41)55/h1-32H/i23D,24D,29D,30D,32D. The molecule has 0 saturated carbocycles. The highest BCUT2D eigenvalue weighted by Gasteiger charge is 2.19. The van der Waals surface area contributed by atoms with Crippen LogP contribution in [0.5, 0.6) is 0 Å². The minimum atomic E-state index is -0.282. The highest BCUT2D eigenvalue weighted by molar-refractivity contribution is 6.14. The lowest BCUT2D eigenvalue weighted by Crippen LogP contribution is -2.00. The number of nitrogens with zero attached hydrogens (tertiary/aromatic N) is 4. The monoisotopic (exact) mass is 721 g/mol. The van der Waals surface area contributed by atoms with Gasteiger partial charge in [0, 0.05) is 32.8 Å². The van der Waals surface area contributed by atoms with Gasteiger partial charge in [-0.1, -0.05) is 152 Å². The number of para-hydroxylation sites is 2. The number of aromatic nitrogens is 4. The molecule has 0 radical (unpaired) electrons. The van der Waals surface area contributed by atoms with E-state index < -0.39 is 0 Å². The van der Waals surface area contributed by atoms with Crippen LogP contribution in [0.4, 0.5) is 0 Å². The molecule has 5 nitrogen and oxygen atoms in total. The van der Waals surface area contributed by atoms with E-state index in [2.05, 4.69) is 0 Å². The fourth-order valence-electron chi connectivity index (χ4n) is 7.59. The molecule has 0 saturated heterocycles. The maximum atomic E-state index is 9.69. The second-order valence-corrected chi connectivity index (χ2v) is 13.6. The Kier molecular flexibility index (Phi) is 6.29. The van der Waals surface area contributed by atoms with Crippen molar-refractivity contribution >= 4 is 43.7 Å². The van der Waals surface area contributed by atoms with Crippen LogP contribution >= 0.6 is 0 Å². The largest absolute Gasteiger partial charge is 0.456 e. The summed E-state index contributed by atoms with van der Waals surface area (Å²) in [5, 5.41) is 2.46. The fourth-order valence-corrected chi connectivity index (χ4v) is 7.59. The van der Waals surface area contributed by atoms with E-state index in [4.69, 9.17) is 20.7 Å². The van der Waals surface area contributed by atoms with Crippen LogP contribution < -0.4 is 0 Å². The summed E-state index contributed by atoms with van der Waals surface area (Å²) in [6.45, 7) is 0. The van der Waals surface area contributed by atoms with Gasteiger partial charge in [0.1, 0.15) is 11.2 Å². The normalized spacial score (nSPS) is 12.8. The molecule has 0 aliphatic carbocycles. The first-order valence-corrected chi connectivity index (χ1v) is 18.4. The molecule has 11 rings (SSSR count). The summed E-state index contributed by atoms with van der Waals surface area (Å²) in [4.78, 5) is 14.8. The Labute approximate surface area is 329 Å². The van der Waals surface area contributed by atoms with Crippen molar-refractivity contribution in [3.8, 4) is 62.1 Å². The van der Waals surface area contributed by atoms with Gasteiger partial charge in [-0.25, -0.2) is 15.0 Å². The molecular weight excluding hydrogens is 685 g/mol. The van der Waals surface area contributed by atoms with Crippen molar-refractivity contribution in [2.24, 2.45) is 0 Å². The summed E-state index contributed by atoms with van der Waals surface area (Å²) < 4.78 is 55.5. The number of furan rings is 1. The van der Waals surface area contributed by atoms with Gasteiger partial charge in [-0.15, -0.1) is 0 Å². The van der Waals surface area contributed by atoms with E-state index in [-0.39, 0.29) is 58.2 Å². The topological polar surface area (TPSA) is 56.7 Å². The van der Waals surface area contributed by atoms with E-state index in [0.29, 0.717) is 33.8 Å². The number of hydrogen-bond donors (Lipinski definition) is 0. The summed E-state index contributed by atoms with van der Waals surface area (Å²) in [7, 11) is 0. The zero-order valence-electron chi connectivity index (χ0n) is 34.8. The number of benzene rings is 8. The molecule has 0 aliphatic rings. The Bertz CT molecular complexity index is 3480. The molecule has 0 fully saturated rings. The van der Waals surface area contributed by atoms with Crippen molar-refractivity contribution in [3.63, 3.8) is 0 Å². The van der Waals surface area contributed by atoms with Crippen LogP contribution in [-0.2, 0) is 0 Å². The smallest absolute Gasteiger partial charge is 0.164 e. The van der Waals surface area contributed by atoms with Gasteiger partial charge in [-0.05, 0) is 64.6 Å². The maximum Gasteiger partial charge on any atom is 0.164 e. The van der Waals surface area contributed by atoms with Crippen molar-refractivity contribution in [1.29, 1.82) is 0 Å². The molecule has 0 spiro atoms. The molecule has 5 heteroatoms. The lowest BCUT2D eigenvalue weighted by Gasteiger charge is -2.11. The van der Waals surface area contributed by atoms with Gasteiger partial charge in [-0.2, -0.15) is 0 Å². The van der Waals surface area contributed by atoms with Gasteiger partial charge in [0.05, 0.1) is 29.0 Å². The number of rotatable bonds is 6. The molecule has 3 heterocycles. The molecule has 0 atom stereocenters. The van der Waals surface area contributed by atoms with E-state index in [1.165, 1.54) is 6.07 Å². The first-order valence-electron chi connectivity index (χ1n) is 20.9. The molecular formula is C51H32N4O. The van der Waals surface area contributed by atoms with Crippen LogP contribution in [0.25, 0.3) is 106 Å². The van der Waals surface area contributed by atoms with Gasteiger partial charge in [0.25, 0.3) is 0 Å². The summed E-state index contributed by atoms with van der Waals surface area (Å²) in [5.41, 5.74) is 7.70. The summed E-state index contributed by atoms with van der Waals surface area (Å²) in [5.74, 6) is 0.708. The lowest BCUT2D eigenvalue weighted by molar-refractivity contribution is 0.669. The van der Waals surface area contributed by atoms with E-state index >= 15 is 0 Å². The zero-order valence-corrected chi connectivity index (χ0v) is 29.8. The maximum absolute atomic E-state index is 9.69. The van der Waals surface area contributed by atoms with E-state index in [0.717, 1.165) is 44.1 Å². The Morgan fingerprint density at radius 1 is 0.393 bits per heavy atom. The average Bonchev–Trinajstić information content (AvgIpc) is 3.87. The van der Waals surface area contributed by atoms with Crippen LogP contribution in [-0.4, -0.2) is 19.5 Å². The molecule has 0 N–H and O–H groups in total. The molecule has 8 aromatic carbocycles. The minimum absolute atomic E-state index is 0.00221. The molecule has 11 aromatic rings.